The number of ether oxygens (including phenoxy) is 1. The Labute approximate surface area is 118 Å². The minimum atomic E-state index is -0.675. The molecule has 3 N–H and O–H groups in total. The van der Waals surface area contributed by atoms with Gasteiger partial charge in [-0.25, -0.2) is 0 Å². The van der Waals surface area contributed by atoms with Crippen LogP contribution in [0.3, 0.4) is 0 Å². The van der Waals surface area contributed by atoms with Crippen molar-refractivity contribution in [3.8, 4) is 5.75 Å². The van der Waals surface area contributed by atoms with E-state index in [1.165, 1.54) is 0 Å². The van der Waals surface area contributed by atoms with Gasteiger partial charge in [0, 0.05) is 13.1 Å². The molecule has 0 aliphatic carbocycles. The molecule has 1 heterocycles. The van der Waals surface area contributed by atoms with E-state index in [2.05, 4.69) is 5.32 Å². The van der Waals surface area contributed by atoms with Crippen LogP contribution in [0, 0.1) is 0 Å². The monoisotopic (exact) mass is 280 g/mol. The van der Waals surface area contributed by atoms with Crippen molar-refractivity contribution < 1.29 is 19.7 Å². The van der Waals surface area contributed by atoms with Gasteiger partial charge in [0.15, 0.2) is 6.61 Å². The largest absolute Gasteiger partial charge is 0.482 e. The van der Waals surface area contributed by atoms with Crippen molar-refractivity contribution in [2.75, 3.05) is 38.2 Å². The Hall–Kier alpha value is -1.63. The third-order valence-electron chi connectivity index (χ3n) is 3.32. The lowest BCUT2D eigenvalue weighted by molar-refractivity contribution is -0.118. The number of amides is 1. The number of carbonyl (C=O) groups excluding carboxylic acids is 1. The van der Waals surface area contributed by atoms with Crippen LogP contribution in [0.5, 0.6) is 5.75 Å². The first-order chi connectivity index (χ1) is 9.63. The number of carbonyl (C=O) groups is 1. The molecule has 1 amide bonds. The van der Waals surface area contributed by atoms with Crippen LogP contribution in [0.2, 0.25) is 0 Å². The quantitative estimate of drug-likeness (QED) is 0.701. The molecule has 1 aliphatic heterocycles. The summed E-state index contributed by atoms with van der Waals surface area (Å²) in [7, 11) is 0. The van der Waals surface area contributed by atoms with Crippen LogP contribution < -0.4 is 10.1 Å². The fourth-order valence-electron chi connectivity index (χ4n) is 2.18. The Morgan fingerprint density at radius 2 is 2.30 bits per heavy atom. The van der Waals surface area contributed by atoms with Crippen LogP contribution in [-0.4, -0.2) is 53.9 Å². The molecule has 1 aliphatic rings. The van der Waals surface area contributed by atoms with Crippen LogP contribution in [-0.2, 0) is 4.79 Å². The Morgan fingerprint density at radius 3 is 3.00 bits per heavy atom. The fraction of sp³-hybridized carbons (Fsp3) is 0.500. The molecule has 0 bridgehead atoms. The van der Waals surface area contributed by atoms with E-state index in [1.807, 2.05) is 11.8 Å². The maximum absolute atomic E-state index is 11.3. The Bertz CT molecular complexity index is 478. The van der Waals surface area contributed by atoms with Crippen LogP contribution in [0.1, 0.15) is 18.6 Å². The van der Waals surface area contributed by atoms with E-state index >= 15 is 0 Å². The molecule has 0 saturated heterocycles. The summed E-state index contributed by atoms with van der Waals surface area (Å²) in [5.74, 6) is 0.419. The van der Waals surface area contributed by atoms with Crippen molar-refractivity contribution in [3.63, 3.8) is 0 Å². The minimum absolute atomic E-state index is 0.0228. The number of nitrogens with zero attached hydrogens (tertiary/aromatic N) is 1. The highest BCUT2D eigenvalue weighted by Crippen LogP contribution is 2.30. The fourth-order valence-corrected chi connectivity index (χ4v) is 2.18. The number of hydrogen-bond donors (Lipinski definition) is 3. The molecule has 6 nitrogen and oxygen atoms in total. The molecule has 110 valence electrons. The molecule has 1 aromatic carbocycles. The zero-order chi connectivity index (χ0) is 14.5. The summed E-state index contributed by atoms with van der Waals surface area (Å²) in [6.45, 7) is 3.78. The highest BCUT2D eigenvalue weighted by molar-refractivity contribution is 5.95. The summed E-state index contributed by atoms with van der Waals surface area (Å²) >= 11 is 0. The Morgan fingerprint density at radius 1 is 1.50 bits per heavy atom. The molecule has 20 heavy (non-hydrogen) atoms. The molecule has 0 saturated carbocycles. The molecular weight excluding hydrogens is 260 g/mol. The third-order valence-corrected chi connectivity index (χ3v) is 3.32. The number of rotatable bonds is 6. The predicted octanol–water partition coefficient (Wildman–Crippen LogP) is 0.365. The second-order valence-corrected chi connectivity index (χ2v) is 4.73. The second kappa shape index (κ2) is 6.69. The Kier molecular flexibility index (Phi) is 4.94. The summed E-state index contributed by atoms with van der Waals surface area (Å²) in [6.07, 6.45) is -0.675. The maximum atomic E-state index is 11.3. The lowest BCUT2D eigenvalue weighted by atomic mass is 10.1. The summed E-state index contributed by atoms with van der Waals surface area (Å²) < 4.78 is 5.27. The van der Waals surface area contributed by atoms with Gasteiger partial charge in [0.1, 0.15) is 5.75 Å². The first kappa shape index (κ1) is 14.8. The molecule has 1 aromatic rings. The second-order valence-electron chi connectivity index (χ2n) is 4.73. The highest BCUT2D eigenvalue weighted by Gasteiger charge is 2.19. The topological polar surface area (TPSA) is 82.0 Å². The smallest absolute Gasteiger partial charge is 0.262 e. The highest BCUT2D eigenvalue weighted by atomic mass is 16.5. The van der Waals surface area contributed by atoms with Gasteiger partial charge in [-0.05, 0) is 24.2 Å². The van der Waals surface area contributed by atoms with Crippen molar-refractivity contribution in [1.82, 2.24) is 4.90 Å². The molecule has 2 rings (SSSR count). The third kappa shape index (κ3) is 3.47. The van der Waals surface area contributed by atoms with E-state index in [-0.39, 0.29) is 19.1 Å². The van der Waals surface area contributed by atoms with E-state index in [4.69, 9.17) is 9.84 Å². The summed E-state index contributed by atoms with van der Waals surface area (Å²) in [6, 6.07) is 5.26. The van der Waals surface area contributed by atoms with E-state index in [0.29, 0.717) is 30.1 Å². The first-order valence-electron chi connectivity index (χ1n) is 6.72. The van der Waals surface area contributed by atoms with Gasteiger partial charge in [0.05, 0.1) is 18.4 Å². The minimum Gasteiger partial charge on any atom is -0.482 e. The standard InChI is InChI=1S/C14H20N2O4/c1-2-16(5-6-17)8-12(18)10-3-4-13-11(7-10)15-14(19)9-20-13/h3-4,7,12,17-18H,2,5-6,8-9H2,1H3,(H,15,19). The van der Waals surface area contributed by atoms with Gasteiger partial charge in [0.25, 0.3) is 5.91 Å². The average molecular weight is 280 g/mol. The van der Waals surface area contributed by atoms with Gasteiger partial charge in [-0.2, -0.15) is 0 Å². The SMILES string of the molecule is CCN(CCO)CC(O)c1ccc2c(c1)NC(=O)CO2. The number of nitrogens with one attached hydrogen (secondary N) is 1. The molecule has 6 heteroatoms. The predicted molar refractivity (Wildman–Crippen MR) is 74.7 cm³/mol. The van der Waals surface area contributed by atoms with Crippen molar-refractivity contribution in [3.05, 3.63) is 23.8 Å². The molecular formula is C14H20N2O4. The van der Waals surface area contributed by atoms with Crippen LogP contribution in [0.15, 0.2) is 18.2 Å². The molecule has 0 spiro atoms. The van der Waals surface area contributed by atoms with Gasteiger partial charge in [-0.1, -0.05) is 13.0 Å². The van der Waals surface area contributed by atoms with E-state index < -0.39 is 6.10 Å². The lowest BCUT2D eigenvalue weighted by Crippen LogP contribution is -2.31. The average Bonchev–Trinajstić information content (AvgIpc) is 2.45. The molecule has 1 unspecified atom stereocenters. The molecule has 0 aromatic heterocycles. The van der Waals surface area contributed by atoms with Gasteiger partial charge in [-0.15, -0.1) is 0 Å². The van der Waals surface area contributed by atoms with E-state index in [0.717, 1.165) is 6.54 Å². The number of likely N-dealkylation sites (N-methyl/N-ethyl adjacent to an activating group) is 1. The van der Waals surface area contributed by atoms with Gasteiger partial charge >= 0.3 is 0 Å². The summed E-state index contributed by atoms with van der Waals surface area (Å²) in [5, 5.41) is 21.9. The van der Waals surface area contributed by atoms with Crippen molar-refractivity contribution in [2.45, 2.75) is 13.0 Å². The summed E-state index contributed by atoms with van der Waals surface area (Å²) in [5.41, 5.74) is 1.30. The van der Waals surface area contributed by atoms with Gasteiger partial charge < -0.3 is 20.3 Å². The maximum Gasteiger partial charge on any atom is 0.262 e. The van der Waals surface area contributed by atoms with Crippen LogP contribution >= 0.6 is 0 Å². The molecule has 0 fully saturated rings. The Balaban J connectivity index is 2.08. The van der Waals surface area contributed by atoms with Crippen LogP contribution in [0.25, 0.3) is 0 Å². The van der Waals surface area contributed by atoms with Crippen molar-refractivity contribution in [2.24, 2.45) is 0 Å². The van der Waals surface area contributed by atoms with E-state index in [9.17, 15) is 9.90 Å². The zero-order valence-corrected chi connectivity index (χ0v) is 11.5. The zero-order valence-electron chi connectivity index (χ0n) is 11.5. The summed E-state index contributed by atoms with van der Waals surface area (Å²) in [4.78, 5) is 13.2. The number of hydrogen-bond acceptors (Lipinski definition) is 5. The van der Waals surface area contributed by atoms with Gasteiger partial charge in [0.2, 0.25) is 0 Å². The normalized spacial score (nSPS) is 15.5. The number of aliphatic hydroxyl groups is 2. The van der Waals surface area contributed by atoms with Gasteiger partial charge in [-0.3, -0.25) is 9.69 Å². The number of benzene rings is 1. The van der Waals surface area contributed by atoms with Crippen molar-refractivity contribution >= 4 is 11.6 Å². The molecule has 0 radical (unpaired) electrons. The first-order valence-corrected chi connectivity index (χ1v) is 6.72. The molecule has 1 atom stereocenters. The number of fused-ring (bicyclic) bond motifs is 1. The lowest BCUT2D eigenvalue weighted by Gasteiger charge is -2.24. The number of anilines is 1. The van der Waals surface area contributed by atoms with E-state index in [1.54, 1.807) is 18.2 Å². The number of aliphatic hydroxyl groups excluding tert-OH is 2. The van der Waals surface area contributed by atoms with Crippen molar-refractivity contribution in [1.29, 1.82) is 0 Å². The van der Waals surface area contributed by atoms with Crippen LogP contribution in [0.4, 0.5) is 5.69 Å².